The molecule has 5 nitrogen and oxygen atoms in total. The highest BCUT2D eigenvalue weighted by Gasteiger charge is 2.39. The van der Waals surface area contributed by atoms with Gasteiger partial charge in [0.05, 0.1) is 17.8 Å². The minimum absolute atomic E-state index is 0.123. The summed E-state index contributed by atoms with van der Waals surface area (Å²) in [5.41, 5.74) is 3.80. The third-order valence-electron chi connectivity index (χ3n) is 4.65. The van der Waals surface area contributed by atoms with Crippen molar-refractivity contribution in [1.82, 2.24) is 9.88 Å². The third kappa shape index (κ3) is 3.98. The van der Waals surface area contributed by atoms with Crippen LogP contribution >= 0.6 is 15.9 Å². The number of aromatic nitrogens is 1. The van der Waals surface area contributed by atoms with E-state index in [1.54, 1.807) is 18.3 Å². The smallest absolute Gasteiger partial charge is 0.278 e. The summed E-state index contributed by atoms with van der Waals surface area (Å²) in [6.45, 7) is 2.10. The van der Waals surface area contributed by atoms with Crippen LogP contribution in [0.25, 0.3) is 5.57 Å². The minimum Gasteiger partial charge on any atom is -0.350 e. The first-order valence-corrected chi connectivity index (χ1v) is 9.92. The van der Waals surface area contributed by atoms with E-state index in [-0.39, 0.29) is 24.1 Å². The number of carbonyl (C=O) groups excluding carboxylic acids is 2. The number of pyridine rings is 1. The van der Waals surface area contributed by atoms with Crippen LogP contribution in [0.2, 0.25) is 0 Å². The summed E-state index contributed by atoms with van der Waals surface area (Å²) in [5, 5.41) is 3.16. The lowest BCUT2D eigenvalue weighted by Gasteiger charge is -2.14. The molecule has 2 heterocycles. The van der Waals surface area contributed by atoms with Crippen LogP contribution in [0.4, 0.5) is 5.69 Å². The van der Waals surface area contributed by atoms with Gasteiger partial charge in [-0.15, -0.1) is 0 Å². The number of nitrogens with zero attached hydrogens (tertiary/aromatic N) is 2. The fourth-order valence-electron chi connectivity index (χ4n) is 3.19. The molecule has 144 valence electrons. The molecule has 0 bridgehead atoms. The number of aryl methyl sites for hydroxylation is 1. The molecule has 1 N–H and O–H groups in total. The van der Waals surface area contributed by atoms with Gasteiger partial charge < -0.3 is 5.32 Å². The Hall–Kier alpha value is -3.25. The Balaban J connectivity index is 1.75. The van der Waals surface area contributed by atoms with Gasteiger partial charge in [-0.1, -0.05) is 57.9 Å². The van der Waals surface area contributed by atoms with Gasteiger partial charge in [-0.05, 0) is 42.8 Å². The van der Waals surface area contributed by atoms with Crippen molar-refractivity contribution in [2.24, 2.45) is 0 Å². The highest BCUT2D eigenvalue weighted by atomic mass is 79.9. The number of nitrogens with one attached hydrogen (secondary N) is 1. The maximum Gasteiger partial charge on any atom is 0.278 e. The topological polar surface area (TPSA) is 62.3 Å². The van der Waals surface area contributed by atoms with Crippen LogP contribution in [0.15, 0.2) is 83.1 Å². The van der Waals surface area contributed by atoms with Crippen molar-refractivity contribution in [1.29, 1.82) is 0 Å². The summed E-state index contributed by atoms with van der Waals surface area (Å²) in [5.74, 6) is -0.696. The number of hydrogen-bond donors (Lipinski definition) is 1. The predicted molar refractivity (Wildman–Crippen MR) is 116 cm³/mol. The first-order chi connectivity index (χ1) is 14.0. The Bertz CT molecular complexity index is 1110. The van der Waals surface area contributed by atoms with E-state index >= 15 is 0 Å². The van der Waals surface area contributed by atoms with E-state index in [0.29, 0.717) is 16.8 Å². The molecule has 0 fully saturated rings. The van der Waals surface area contributed by atoms with Crippen LogP contribution in [0, 0.1) is 6.92 Å². The Morgan fingerprint density at radius 2 is 1.76 bits per heavy atom. The van der Waals surface area contributed by atoms with Gasteiger partial charge in [-0.25, -0.2) is 0 Å². The van der Waals surface area contributed by atoms with Crippen molar-refractivity contribution in [3.8, 4) is 0 Å². The second-order valence-electron chi connectivity index (χ2n) is 6.77. The summed E-state index contributed by atoms with van der Waals surface area (Å²) in [6.07, 6.45) is 1.65. The molecule has 0 unspecified atom stereocenters. The molecule has 6 heteroatoms. The molecular weight excluding hydrogens is 430 g/mol. The minimum atomic E-state index is -0.365. The largest absolute Gasteiger partial charge is 0.350 e. The van der Waals surface area contributed by atoms with Crippen LogP contribution in [0.3, 0.4) is 0 Å². The van der Waals surface area contributed by atoms with Crippen molar-refractivity contribution in [3.05, 3.63) is 99.9 Å². The molecule has 1 aromatic heterocycles. The third-order valence-corrected chi connectivity index (χ3v) is 5.14. The van der Waals surface area contributed by atoms with Crippen molar-refractivity contribution in [2.45, 2.75) is 13.5 Å². The van der Waals surface area contributed by atoms with E-state index in [1.165, 1.54) is 4.90 Å². The van der Waals surface area contributed by atoms with E-state index in [9.17, 15) is 9.59 Å². The summed E-state index contributed by atoms with van der Waals surface area (Å²) in [7, 11) is 0. The highest BCUT2D eigenvalue weighted by Crippen LogP contribution is 2.32. The molecule has 3 aromatic rings. The van der Waals surface area contributed by atoms with Crippen molar-refractivity contribution in [2.75, 3.05) is 5.32 Å². The normalized spacial score (nSPS) is 13.9. The average Bonchev–Trinajstić information content (AvgIpc) is 2.94. The lowest BCUT2D eigenvalue weighted by atomic mass is 10.0. The molecule has 1 aliphatic rings. The van der Waals surface area contributed by atoms with E-state index in [1.807, 2.05) is 61.5 Å². The number of hydrogen-bond acceptors (Lipinski definition) is 4. The molecule has 0 saturated carbocycles. The molecule has 2 amide bonds. The number of carbonyl (C=O) groups is 2. The SMILES string of the molecule is Cc1ccc(C2=C(Nc3cccc(Br)c3)C(=O)N(Cc3ccccn3)C2=O)cc1. The van der Waals surface area contributed by atoms with Gasteiger partial charge in [0.25, 0.3) is 11.8 Å². The quantitative estimate of drug-likeness (QED) is 0.582. The summed E-state index contributed by atoms with van der Waals surface area (Å²) >= 11 is 3.44. The Labute approximate surface area is 177 Å². The number of anilines is 1. The zero-order valence-corrected chi connectivity index (χ0v) is 17.3. The van der Waals surface area contributed by atoms with Gasteiger partial charge in [0.15, 0.2) is 0 Å². The Morgan fingerprint density at radius 1 is 0.966 bits per heavy atom. The molecule has 0 spiro atoms. The van der Waals surface area contributed by atoms with E-state index in [0.717, 1.165) is 15.7 Å². The van der Waals surface area contributed by atoms with Gasteiger partial charge in [0.1, 0.15) is 5.70 Å². The molecule has 0 aliphatic carbocycles. The molecular formula is C23H18BrN3O2. The second-order valence-corrected chi connectivity index (χ2v) is 7.68. The van der Waals surface area contributed by atoms with Gasteiger partial charge in [-0.2, -0.15) is 0 Å². The summed E-state index contributed by atoms with van der Waals surface area (Å²) < 4.78 is 0.877. The second kappa shape index (κ2) is 8.01. The Morgan fingerprint density at radius 3 is 2.45 bits per heavy atom. The Kier molecular flexibility index (Phi) is 5.27. The van der Waals surface area contributed by atoms with Crippen LogP contribution in [0.1, 0.15) is 16.8 Å². The average molecular weight is 448 g/mol. The lowest BCUT2D eigenvalue weighted by Crippen LogP contribution is -2.32. The molecule has 1 aliphatic heterocycles. The van der Waals surface area contributed by atoms with Crippen molar-refractivity contribution in [3.63, 3.8) is 0 Å². The van der Waals surface area contributed by atoms with Gasteiger partial charge in [-0.3, -0.25) is 19.5 Å². The zero-order chi connectivity index (χ0) is 20.4. The highest BCUT2D eigenvalue weighted by molar-refractivity contribution is 9.10. The number of rotatable bonds is 5. The summed E-state index contributed by atoms with van der Waals surface area (Å²) in [6, 6.07) is 20.5. The predicted octanol–water partition coefficient (Wildman–Crippen LogP) is 4.54. The number of amides is 2. The first-order valence-electron chi connectivity index (χ1n) is 9.13. The number of halogens is 1. The monoisotopic (exact) mass is 447 g/mol. The molecule has 2 aromatic carbocycles. The van der Waals surface area contributed by atoms with Crippen LogP contribution in [-0.4, -0.2) is 21.7 Å². The number of benzene rings is 2. The van der Waals surface area contributed by atoms with Crippen LogP contribution < -0.4 is 5.32 Å². The van der Waals surface area contributed by atoms with Gasteiger partial charge >= 0.3 is 0 Å². The maximum atomic E-state index is 13.2. The molecule has 0 radical (unpaired) electrons. The van der Waals surface area contributed by atoms with E-state index in [2.05, 4.69) is 26.2 Å². The fraction of sp³-hybridized carbons (Fsp3) is 0.0870. The van der Waals surface area contributed by atoms with Crippen LogP contribution in [0.5, 0.6) is 0 Å². The van der Waals surface area contributed by atoms with E-state index < -0.39 is 0 Å². The molecule has 29 heavy (non-hydrogen) atoms. The van der Waals surface area contributed by atoms with Gasteiger partial charge in [0.2, 0.25) is 0 Å². The molecule has 4 rings (SSSR count). The summed E-state index contributed by atoms with van der Waals surface area (Å²) in [4.78, 5) is 31.9. The number of imide groups is 1. The van der Waals surface area contributed by atoms with Crippen LogP contribution in [-0.2, 0) is 16.1 Å². The fourth-order valence-corrected chi connectivity index (χ4v) is 3.59. The van der Waals surface area contributed by atoms with E-state index in [4.69, 9.17) is 0 Å². The standard InChI is InChI=1S/C23H18BrN3O2/c1-15-8-10-16(11-9-15)20-21(26-18-7-4-5-17(24)13-18)23(29)27(22(20)28)14-19-6-2-3-12-25-19/h2-13,26H,14H2,1H3. The maximum absolute atomic E-state index is 13.2. The molecule has 0 saturated heterocycles. The first kappa shape index (κ1) is 19.1. The zero-order valence-electron chi connectivity index (χ0n) is 15.7. The van der Waals surface area contributed by atoms with Crippen molar-refractivity contribution >= 4 is 39.0 Å². The van der Waals surface area contributed by atoms with Gasteiger partial charge in [0, 0.05) is 16.4 Å². The molecule has 0 atom stereocenters. The van der Waals surface area contributed by atoms with Crippen molar-refractivity contribution < 1.29 is 9.59 Å². The lowest BCUT2D eigenvalue weighted by molar-refractivity contribution is -0.137.